The summed E-state index contributed by atoms with van der Waals surface area (Å²) in [4.78, 5) is 9.97. The molecule has 1 unspecified atom stereocenters. The van der Waals surface area contributed by atoms with E-state index in [2.05, 4.69) is 44.3 Å². The van der Waals surface area contributed by atoms with Crippen LogP contribution in [0.1, 0.15) is 43.0 Å². The number of halogens is 5. The van der Waals surface area contributed by atoms with E-state index in [1.54, 1.807) is 36.4 Å². The molecule has 2 fully saturated rings. The van der Waals surface area contributed by atoms with E-state index in [4.69, 9.17) is 0 Å². The second-order valence-corrected chi connectivity index (χ2v) is 12.4. The van der Waals surface area contributed by atoms with Crippen LogP contribution >= 0.6 is 0 Å². The highest BCUT2D eigenvalue weighted by Crippen LogP contribution is 2.29. The van der Waals surface area contributed by atoms with Crippen molar-refractivity contribution in [1.82, 2.24) is 19.6 Å². The Morgan fingerprint density at radius 3 is 1.74 bits per heavy atom. The fourth-order valence-corrected chi connectivity index (χ4v) is 6.38. The van der Waals surface area contributed by atoms with Crippen LogP contribution in [0.15, 0.2) is 78.9 Å². The smallest absolute Gasteiger partial charge is 0.406 e. The van der Waals surface area contributed by atoms with Crippen molar-refractivity contribution in [3.63, 3.8) is 0 Å². The van der Waals surface area contributed by atoms with E-state index in [-0.39, 0.29) is 23.4 Å². The van der Waals surface area contributed by atoms with Crippen LogP contribution in [-0.4, -0.2) is 97.5 Å². The first-order valence-corrected chi connectivity index (χ1v) is 16.0. The first kappa shape index (κ1) is 34.0. The van der Waals surface area contributed by atoms with Gasteiger partial charge in [0.05, 0.1) is 0 Å². The largest absolute Gasteiger partial charge is 0.573 e. The van der Waals surface area contributed by atoms with Crippen molar-refractivity contribution in [2.75, 3.05) is 65.4 Å². The molecule has 0 spiro atoms. The molecule has 2 aliphatic heterocycles. The summed E-state index contributed by atoms with van der Waals surface area (Å²) >= 11 is 0. The lowest BCUT2D eigenvalue weighted by Gasteiger charge is -2.43. The van der Waals surface area contributed by atoms with Crippen LogP contribution in [0.25, 0.3) is 5.57 Å². The Balaban J connectivity index is 1.19. The monoisotopic (exact) mass is 642 g/mol. The molecule has 5 nitrogen and oxygen atoms in total. The molecule has 248 valence electrons. The number of ether oxygens (including phenoxy) is 1. The zero-order valence-electron chi connectivity index (χ0n) is 26.5. The number of hydrogen-bond donors (Lipinski definition) is 0. The van der Waals surface area contributed by atoms with E-state index in [1.165, 1.54) is 24.3 Å². The Morgan fingerprint density at radius 1 is 0.696 bits per heavy atom. The highest BCUT2D eigenvalue weighted by atomic mass is 19.4. The van der Waals surface area contributed by atoms with Crippen LogP contribution in [0.2, 0.25) is 0 Å². The zero-order valence-corrected chi connectivity index (χ0v) is 26.5. The molecule has 1 atom stereocenters. The van der Waals surface area contributed by atoms with Crippen LogP contribution < -0.4 is 4.74 Å². The maximum atomic E-state index is 13.8. The van der Waals surface area contributed by atoms with Crippen molar-refractivity contribution in [2.24, 2.45) is 0 Å². The molecule has 0 N–H and O–H groups in total. The first-order chi connectivity index (χ1) is 22.0. The lowest BCUT2D eigenvalue weighted by molar-refractivity contribution is -0.274. The minimum Gasteiger partial charge on any atom is -0.406 e. The molecule has 2 heterocycles. The second-order valence-electron chi connectivity index (χ2n) is 12.4. The molecule has 0 radical (unpaired) electrons. The van der Waals surface area contributed by atoms with Crippen molar-refractivity contribution in [3.05, 3.63) is 107 Å². The maximum absolute atomic E-state index is 13.8. The lowest BCUT2D eigenvalue weighted by Crippen LogP contribution is -2.53. The predicted octanol–water partition coefficient (Wildman–Crippen LogP) is 7.07. The number of hydrogen-bond acceptors (Lipinski definition) is 5. The van der Waals surface area contributed by atoms with Crippen LogP contribution in [-0.2, 0) is 0 Å². The van der Waals surface area contributed by atoms with Gasteiger partial charge in [0.15, 0.2) is 0 Å². The van der Waals surface area contributed by atoms with Crippen molar-refractivity contribution in [2.45, 2.75) is 38.7 Å². The number of benzene rings is 3. The Hall–Kier alpha value is -3.31. The van der Waals surface area contributed by atoms with Gasteiger partial charge in [0.25, 0.3) is 0 Å². The first-order valence-electron chi connectivity index (χ1n) is 16.0. The van der Waals surface area contributed by atoms with E-state index in [1.807, 2.05) is 12.1 Å². The number of nitrogens with zero attached hydrogens (tertiary/aromatic N) is 4. The topological polar surface area (TPSA) is 22.2 Å². The Labute approximate surface area is 268 Å². The van der Waals surface area contributed by atoms with Crippen LogP contribution in [0.5, 0.6) is 5.75 Å². The summed E-state index contributed by atoms with van der Waals surface area (Å²) in [6, 6.07) is 19.6. The van der Waals surface area contributed by atoms with Crippen LogP contribution in [0.3, 0.4) is 0 Å². The highest BCUT2D eigenvalue weighted by Gasteiger charge is 2.31. The van der Waals surface area contributed by atoms with Crippen LogP contribution in [0.4, 0.5) is 22.0 Å². The Bertz CT molecular complexity index is 1390. The molecule has 46 heavy (non-hydrogen) atoms. The molecule has 2 aliphatic rings. The molecule has 0 aromatic heterocycles. The molecule has 0 amide bonds. The van der Waals surface area contributed by atoms with Crippen molar-refractivity contribution in [3.8, 4) is 5.75 Å². The summed E-state index contributed by atoms with van der Waals surface area (Å²) in [5.74, 6) is -0.855. The number of rotatable bonds is 11. The van der Waals surface area contributed by atoms with Crippen molar-refractivity contribution in [1.29, 1.82) is 0 Å². The van der Waals surface area contributed by atoms with E-state index in [0.717, 1.165) is 94.1 Å². The Morgan fingerprint density at radius 2 is 1.20 bits per heavy atom. The average molecular weight is 643 g/mol. The van der Waals surface area contributed by atoms with Gasteiger partial charge in [-0.2, -0.15) is 0 Å². The van der Waals surface area contributed by atoms with Crippen molar-refractivity contribution < 1.29 is 26.7 Å². The summed E-state index contributed by atoms with van der Waals surface area (Å²) in [7, 11) is 0. The molecule has 10 heteroatoms. The van der Waals surface area contributed by atoms with E-state index in [0.29, 0.717) is 6.04 Å². The normalized spacial score (nSPS) is 18.7. The molecule has 2 saturated heterocycles. The predicted molar refractivity (Wildman–Crippen MR) is 172 cm³/mol. The standard InChI is InChI=1S/C36H43F5N4O/c1-27(2)44-22-24-45(25-23-44)35(30-7-13-32(38)14-8-30)26-43-20-18-42(19-21-43)17-3-4-34(28-5-11-31(37)12-6-28)29-9-15-33(16-10-29)46-36(39,40)41/h4-16,27,35H,3,17-26H2,1-2H3/b34-4-. The molecule has 0 aliphatic carbocycles. The van der Waals surface area contributed by atoms with Gasteiger partial charge in [-0.1, -0.05) is 42.5 Å². The third kappa shape index (κ3) is 9.61. The summed E-state index contributed by atoms with van der Waals surface area (Å²) in [6.07, 6.45) is -1.96. The van der Waals surface area contributed by atoms with Gasteiger partial charge in [-0.15, -0.1) is 13.2 Å². The molecule has 3 aromatic rings. The minimum atomic E-state index is -4.76. The van der Waals surface area contributed by atoms with Gasteiger partial charge in [-0.3, -0.25) is 14.7 Å². The van der Waals surface area contributed by atoms with E-state index < -0.39 is 6.36 Å². The molecular formula is C36H43F5N4O. The minimum absolute atomic E-state index is 0.204. The number of alkyl halides is 3. The van der Waals surface area contributed by atoms with Gasteiger partial charge in [0, 0.05) is 77.5 Å². The summed E-state index contributed by atoms with van der Waals surface area (Å²) in [5.41, 5.74) is 3.50. The maximum Gasteiger partial charge on any atom is 0.573 e. The van der Waals surface area contributed by atoms with Gasteiger partial charge in [0.1, 0.15) is 17.4 Å². The lowest BCUT2D eigenvalue weighted by atomic mass is 9.96. The van der Waals surface area contributed by atoms with Gasteiger partial charge in [-0.05, 0) is 78.9 Å². The third-order valence-electron chi connectivity index (χ3n) is 9.02. The summed E-state index contributed by atoms with van der Waals surface area (Å²) in [5, 5.41) is 0. The molecule has 0 saturated carbocycles. The quantitative estimate of drug-likeness (QED) is 0.208. The second kappa shape index (κ2) is 15.5. The third-order valence-corrected chi connectivity index (χ3v) is 9.02. The van der Waals surface area contributed by atoms with E-state index >= 15 is 0 Å². The van der Waals surface area contributed by atoms with Gasteiger partial charge in [-0.25, -0.2) is 8.78 Å². The highest BCUT2D eigenvalue weighted by molar-refractivity contribution is 5.80. The SMILES string of the molecule is CC(C)N1CCN(C(CN2CCN(CC/C=C(/c3ccc(F)cc3)c3ccc(OC(F)(F)F)cc3)CC2)c2ccc(F)cc2)CC1. The fourth-order valence-electron chi connectivity index (χ4n) is 6.38. The summed E-state index contributed by atoms with van der Waals surface area (Å²) in [6.45, 7) is 13.9. The van der Waals surface area contributed by atoms with E-state index in [9.17, 15) is 22.0 Å². The summed E-state index contributed by atoms with van der Waals surface area (Å²) < 4.78 is 69.4. The fraction of sp³-hybridized carbons (Fsp3) is 0.444. The molecule has 0 bridgehead atoms. The van der Waals surface area contributed by atoms with Crippen molar-refractivity contribution >= 4 is 5.57 Å². The van der Waals surface area contributed by atoms with Gasteiger partial charge in [0.2, 0.25) is 0 Å². The molecule has 5 rings (SSSR count). The van der Waals surface area contributed by atoms with Crippen LogP contribution in [0, 0.1) is 11.6 Å². The molecule has 3 aromatic carbocycles. The number of piperazine rings is 2. The zero-order chi connectivity index (χ0) is 32.7. The Kier molecular flexibility index (Phi) is 11.5. The average Bonchev–Trinajstić information content (AvgIpc) is 3.04. The van der Waals surface area contributed by atoms with Gasteiger partial charge >= 0.3 is 6.36 Å². The molecular weight excluding hydrogens is 599 g/mol. The van der Waals surface area contributed by atoms with Gasteiger partial charge < -0.3 is 9.64 Å².